The van der Waals surface area contributed by atoms with Gasteiger partial charge in [0.2, 0.25) is 0 Å². The fourth-order valence-electron chi connectivity index (χ4n) is 3.80. The van der Waals surface area contributed by atoms with Gasteiger partial charge in [0.15, 0.2) is 5.78 Å². The number of ether oxygens (including phenoxy) is 3. The number of carbonyl (C=O) groups excluding carboxylic acids is 2. The average Bonchev–Trinajstić information content (AvgIpc) is 2.67. The minimum atomic E-state index is -0.615. The molecule has 1 aromatic carbocycles. The van der Waals surface area contributed by atoms with Crippen molar-refractivity contribution in [1.82, 2.24) is 0 Å². The molecule has 3 rings (SSSR count). The predicted molar refractivity (Wildman–Crippen MR) is 101 cm³/mol. The highest BCUT2D eigenvalue weighted by Gasteiger charge is 2.43. The topological polar surface area (TPSA) is 74.2 Å². The molecule has 144 valence electrons. The second kappa shape index (κ2) is 8.48. The summed E-state index contributed by atoms with van der Waals surface area (Å²) >= 11 is 0. The number of esters is 1. The van der Waals surface area contributed by atoms with Gasteiger partial charge in [0.1, 0.15) is 18.3 Å². The highest BCUT2D eigenvalue weighted by Crippen LogP contribution is 2.43. The molecule has 0 amide bonds. The lowest BCUT2D eigenvalue weighted by Gasteiger charge is -2.34. The van der Waals surface area contributed by atoms with Crippen LogP contribution in [0.5, 0.6) is 5.75 Å². The number of aliphatic imine (C=N–C) groups is 1. The van der Waals surface area contributed by atoms with Gasteiger partial charge in [-0.15, -0.1) is 0 Å². The lowest BCUT2D eigenvalue weighted by molar-refractivity contribution is -0.147. The largest absolute Gasteiger partial charge is 0.497 e. The van der Waals surface area contributed by atoms with Gasteiger partial charge >= 0.3 is 5.97 Å². The van der Waals surface area contributed by atoms with Crippen molar-refractivity contribution in [3.8, 4) is 5.75 Å². The molecule has 6 heteroatoms. The molecular formula is C21H25NO5. The summed E-state index contributed by atoms with van der Waals surface area (Å²) in [5.41, 5.74) is 3.05. The Labute approximate surface area is 159 Å². The normalized spacial score (nSPS) is 22.2. The summed E-state index contributed by atoms with van der Waals surface area (Å²) in [5.74, 6) is -0.576. The smallest absolute Gasteiger partial charge is 0.315 e. The molecule has 1 unspecified atom stereocenters. The van der Waals surface area contributed by atoms with Gasteiger partial charge in [0, 0.05) is 36.4 Å². The van der Waals surface area contributed by atoms with E-state index in [9.17, 15) is 9.59 Å². The third kappa shape index (κ3) is 3.95. The number of carbonyl (C=O) groups is 2. The van der Waals surface area contributed by atoms with E-state index in [2.05, 4.69) is 4.99 Å². The van der Waals surface area contributed by atoms with Crippen LogP contribution < -0.4 is 4.74 Å². The molecule has 0 radical (unpaired) electrons. The second-order valence-electron chi connectivity index (χ2n) is 6.78. The molecule has 0 N–H and O–H groups in total. The standard InChI is InChI=1S/C21H25NO5/c1-13-18(21(24)27-12-11-25-2)19(14-7-9-15(26-3)10-8-14)20-16(22-13)5-4-6-17(20)23/h7-10,18-19H,4-6,11-12H2,1-3H3/t18?,19-/m0/s1. The summed E-state index contributed by atoms with van der Waals surface area (Å²) in [7, 11) is 3.16. The monoisotopic (exact) mass is 371 g/mol. The van der Waals surface area contributed by atoms with Crippen molar-refractivity contribution in [2.75, 3.05) is 27.4 Å². The molecule has 0 spiro atoms. The highest BCUT2D eigenvalue weighted by molar-refractivity contribution is 6.08. The van der Waals surface area contributed by atoms with Crippen LogP contribution in [0.4, 0.5) is 0 Å². The van der Waals surface area contributed by atoms with Crippen molar-refractivity contribution < 1.29 is 23.8 Å². The lowest BCUT2D eigenvalue weighted by atomic mass is 9.72. The summed E-state index contributed by atoms with van der Waals surface area (Å²) in [6.07, 6.45) is 2.05. The number of Topliss-reactive ketones (excluding diaryl/α,β-unsaturated/α-hetero) is 1. The van der Waals surface area contributed by atoms with Crippen LogP contribution in [0.15, 0.2) is 40.5 Å². The summed E-state index contributed by atoms with van der Waals surface area (Å²) in [4.78, 5) is 30.2. The lowest BCUT2D eigenvalue weighted by Crippen LogP contribution is -2.37. The van der Waals surface area contributed by atoms with Crippen molar-refractivity contribution in [1.29, 1.82) is 0 Å². The quantitative estimate of drug-likeness (QED) is 0.567. The summed E-state index contributed by atoms with van der Waals surface area (Å²) in [6, 6.07) is 7.50. The molecule has 2 atom stereocenters. The van der Waals surface area contributed by atoms with E-state index >= 15 is 0 Å². The molecular weight excluding hydrogens is 346 g/mol. The molecule has 6 nitrogen and oxygen atoms in total. The number of hydrogen-bond donors (Lipinski definition) is 0. The summed E-state index contributed by atoms with van der Waals surface area (Å²) < 4.78 is 15.6. The van der Waals surface area contributed by atoms with Crippen LogP contribution in [0.25, 0.3) is 0 Å². The van der Waals surface area contributed by atoms with Crippen molar-refractivity contribution in [3.63, 3.8) is 0 Å². The van der Waals surface area contributed by atoms with E-state index in [1.165, 1.54) is 0 Å². The number of rotatable bonds is 6. The van der Waals surface area contributed by atoms with Crippen molar-refractivity contribution >= 4 is 17.5 Å². The van der Waals surface area contributed by atoms with Gasteiger partial charge in [-0.2, -0.15) is 0 Å². The molecule has 0 saturated heterocycles. The molecule has 2 aliphatic rings. The van der Waals surface area contributed by atoms with Crippen LogP contribution in [0, 0.1) is 5.92 Å². The van der Waals surface area contributed by atoms with E-state index in [1.54, 1.807) is 14.2 Å². The number of hydrogen-bond acceptors (Lipinski definition) is 6. The van der Waals surface area contributed by atoms with E-state index in [0.717, 1.165) is 29.9 Å². The molecule has 0 bridgehead atoms. The first-order valence-corrected chi connectivity index (χ1v) is 9.17. The van der Waals surface area contributed by atoms with E-state index in [4.69, 9.17) is 14.2 Å². The van der Waals surface area contributed by atoms with Crippen LogP contribution >= 0.6 is 0 Å². The van der Waals surface area contributed by atoms with Gasteiger partial charge in [-0.05, 0) is 37.5 Å². The average molecular weight is 371 g/mol. The Balaban J connectivity index is 2.02. The fraction of sp³-hybridized carbons (Fsp3) is 0.476. The number of ketones is 1. The minimum absolute atomic E-state index is 0.0722. The van der Waals surface area contributed by atoms with Gasteiger partial charge in [0.25, 0.3) is 0 Å². The fourth-order valence-corrected chi connectivity index (χ4v) is 3.80. The van der Waals surface area contributed by atoms with Gasteiger partial charge < -0.3 is 14.2 Å². The van der Waals surface area contributed by atoms with Gasteiger partial charge in [0.05, 0.1) is 13.7 Å². The first-order valence-electron chi connectivity index (χ1n) is 9.17. The van der Waals surface area contributed by atoms with Crippen molar-refractivity contribution in [2.24, 2.45) is 10.9 Å². The van der Waals surface area contributed by atoms with Crippen molar-refractivity contribution in [3.05, 3.63) is 41.1 Å². The van der Waals surface area contributed by atoms with Gasteiger partial charge in [-0.25, -0.2) is 0 Å². The summed E-state index contributed by atoms with van der Waals surface area (Å²) in [5, 5.41) is 0. The third-order valence-electron chi connectivity index (χ3n) is 5.10. The number of benzene rings is 1. The Morgan fingerprint density at radius 1 is 1.15 bits per heavy atom. The van der Waals surface area contributed by atoms with Crippen LogP contribution in [-0.4, -0.2) is 44.9 Å². The first kappa shape index (κ1) is 19.3. The zero-order valence-corrected chi connectivity index (χ0v) is 16.0. The number of allylic oxidation sites excluding steroid dienone is 2. The minimum Gasteiger partial charge on any atom is -0.497 e. The van der Waals surface area contributed by atoms with E-state index in [0.29, 0.717) is 24.3 Å². The highest BCUT2D eigenvalue weighted by atomic mass is 16.6. The Bertz CT molecular complexity index is 778. The maximum Gasteiger partial charge on any atom is 0.315 e. The predicted octanol–water partition coefficient (Wildman–Crippen LogP) is 3.07. The molecule has 0 fully saturated rings. The Morgan fingerprint density at radius 3 is 2.56 bits per heavy atom. The van der Waals surface area contributed by atoms with Crippen LogP contribution in [0.1, 0.15) is 37.7 Å². The number of methoxy groups -OCH3 is 2. The maximum atomic E-state index is 12.9. The maximum absolute atomic E-state index is 12.9. The summed E-state index contributed by atoms with van der Waals surface area (Å²) in [6.45, 7) is 2.34. The Morgan fingerprint density at radius 2 is 1.89 bits per heavy atom. The molecule has 1 aliphatic carbocycles. The molecule has 1 aliphatic heterocycles. The molecule has 1 heterocycles. The molecule has 27 heavy (non-hydrogen) atoms. The first-order chi connectivity index (χ1) is 13.1. The van der Waals surface area contributed by atoms with E-state index in [-0.39, 0.29) is 24.3 Å². The van der Waals surface area contributed by atoms with E-state index in [1.807, 2.05) is 31.2 Å². The zero-order chi connectivity index (χ0) is 19.4. The molecule has 0 aromatic heterocycles. The number of nitrogens with zero attached hydrogens (tertiary/aromatic N) is 1. The molecule has 1 aromatic rings. The zero-order valence-electron chi connectivity index (χ0n) is 16.0. The van der Waals surface area contributed by atoms with Crippen LogP contribution in [-0.2, 0) is 19.1 Å². The molecule has 0 saturated carbocycles. The van der Waals surface area contributed by atoms with Crippen molar-refractivity contribution in [2.45, 2.75) is 32.1 Å². The van der Waals surface area contributed by atoms with Gasteiger partial charge in [-0.3, -0.25) is 14.6 Å². The van der Waals surface area contributed by atoms with E-state index < -0.39 is 5.92 Å². The van der Waals surface area contributed by atoms with Crippen LogP contribution in [0.2, 0.25) is 0 Å². The Hall–Kier alpha value is -2.47. The van der Waals surface area contributed by atoms with Gasteiger partial charge in [-0.1, -0.05) is 12.1 Å². The second-order valence-corrected chi connectivity index (χ2v) is 6.78. The Kier molecular flexibility index (Phi) is 6.06. The van der Waals surface area contributed by atoms with Crippen LogP contribution in [0.3, 0.4) is 0 Å². The third-order valence-corrected chi connectivity index (χ3v) is 5.10. The SMILES string of the molecule is COCCOC(=O)C1C(C)=NC2=C(C(=O)CCC2)[C@H]1c1ccc(OC)cc1.